The Labute approximate surface area is 187 Å². The molecule has 0 amide bonds. The zero-order valence-electron chi connectivity index (χ0n) is 16.2. The zero-order chi connectivity index (χ0) is 19.1. The van der Waals surface area contributed by atoms with Gasteiger partial charge in [0, 0.05) is 36.8 Å². The van der Waals surface area contributed by atoms with Crippen molar-refractivity contribution in [3.05, 3.63) is 54.0 Å². The van der Waals surface area contributed by atoms with Crippen molar-refractivity contribution in [3.8, 4) is 0 Å². The fraction of sp³-hybridized carbons (Fsp3) is 0.400. The van der Waals surface area contributed by atoms with Crippen LogP contribution in [-0.2, 0) is 6.54 Å². The number of aliphatic imine (C=N–C) groups is 1. The summed E-state index contributed by atoms with van der Waals surface area (Å²) < 4.78 is 14.0. The van der Waals surface area contributed by atoms with Gasteiger partial charge in [0.2, 0.25) is 0 Å². The number of thioether (sulfide) groups is 1. The van der Waals surface area contributed by atoms with Gasteiger partial charge in [0.15, 0.2) is 17.6 Å². The molecule has 1 atom stereocenters. The Morgan fingerprint density at radius 1 is 1.32 bits per heavy atom. The third-order valence-corrected chi connectivity index (χ3v) is 5.23. The lowest BCUT2D eigenvalue weighted by Crippen LogP contribution is -2.44. The number of anilines is 1. The van der Waals surface area contributed by atoms with Crippen LogP contribution in [0.4, 0.5) is 10.2 Å². The van der Waals surface area contributed by atoms with E-state index in [1.165, 1.54) is 16.5 Å². The molecule has 1 saturated heterocycles. The molecular weight excluding hydrogens is 488 g/mol. The number of nitrogens with one attached hydrogen (secondary N) is 2. The summed E-state index contributed by atoms with van der Waals surface area (Å²) >= 11 is 1.73. The zero-order valence-corrected chi connectivity index (χ0v) is 19.3. The molecule has 0 bridgehead atoms. The van der Waals surface area contributed by atoms with Gasteiger partial charge in [-0.25, -0.2) is 14.4 Å². The van der Waals surface area contributed by atoms with Crippen molar-refractivity contribution in [3.63, 3.8) is 0 Å². The summed E-state index contributed by atoms with van der Waals surface area (Å²) in [5.74, 6) is 0.949. The number of hydrogen-bond acceptors (Lipinski definition) is 4. The number of pyridine rings is 1. The van der Waals surface area contributed by atoms with Crippen LogP contribution >= 0.6 is 35.7 Å². The van der Waals surface area contributed by atoms with E-state index in [0.29, 0.717) is 18.9 Å². The molecule has 1 aromatic carbocycles. The minimum Gasteiger partial charge on any atom is -0.357 e. The van der Waals surface area contributed by atoms with Gasteiger partial charge in [-0.05, 0) is 49.4 Å². The molecule has 3 rings (SSSR count). The maximum atomic E-state index is 14.0. The Kier molecular flexibility index (Phi) is 9.30. The maximum Gasteiger partial charge on any atom is 0.191 e. The molecule has 2 N–H and O–H groups in total. The predicted octanol–water partition coefficient (Wildman–Crippen LogP) is 3.89. The summed E-state index contributed by atoms with van der Waals surface area (Å²) in [7, 11) is 0. The van der Waals surface area contributed by atoms with Crippen LogP contribution in [0.15, 0.2) is 52.5 Å². The van der Waals surface area contributed by atoms with E-state index >= 15 is 0 Å². The molecule has 5 nitrogen and oxygen atoms in total. The first kappa shape index (κ1) is 22.7. The fourth-order valence-electron chi connectivity index (χ4n) is 3.10. The fourth-order valence-corrected chi connectivity index (χ4v) is 3.50. The van der Waals surface area contributed by atoms with Crippen LogP contribution in [-0.4, -0.2) is 42.9 Å². The van der Waals surface area contributed by atoms with Crippen LogP contribution in [0.3, 0.4) is 0 Å². The van der Waals surface area contributed by atoms with E-state index in [-0.39, 0.29) is 35.8 Å². The Morgan fingerprint density at radius 2 is 2.11 bits per heavy atom. The Bertz CT molecular complexity index is 771. The second-order valence-electron chi connectivity index (χ2n) is 6.43. The van der Waals surface area contributed by atoms with Gasteiger partial charge >= 0.3 is 0 Å². The number of aromatic nitrogens is 1. The molecule has 0 saturated carbocycles. The third-order valence-electron chi connectivity index (χ3n) is 4.49. The Morgan fingerprint density at radius 3 is 2.79 bits per heavy atom. The first-order chi connectivity index (χ1) is 13.2. The van der Waals surface area contributed by atoms with E-state index in [1.807, 2.05) is 4.90 Å². The van der Waals surface area contributed by atoms with Gasteiger partial charge in [-0.15, -0.1) is 35.7 Å². The van der Waals surface area contributed by atoms with Gasteiger partial charge in [-0.3, -0.25) is 0 Å². The van der Waals surface area contributed by atoms with Gasteiger partial charge in [0.25, 0.3) is 0 Å². The van der Waals surface area contributed by atoms with E-state index in [9.17, 15) is 4.39 Å². The first-order valence-corrected chi connectivity index (χ1v) is 10.4. The van der Waals surface area contributed by atoms with Crippen LogP contribution in [0.5, 0.6) is 0 Å². The molecule has 2 heterocycles. The van der Waals surface area contributed by atoms with Crippen LogP contribution in [0.1, 0.15) is 18.9 Å². The largest absolute Gasteiger partial charge is 0.357 e. The summed E-state index contributed by atoms with van der Waals surface area (Å²) in [5.41, 5.74) is 1.17. The van der Waals surface area contributed by atoms with Crippen molar-refractivity contribution in [1.82, 2.24) is 15.6 Å². The SMILES string of the molecule is CCNC(=NCc1ccc(SC)cc1)NC1CCN(c2ncccc2F)C1.I. The summed E-state index contributed by atoms with van der Waals surface area (Å²) in [6, 6.07) is 11.7. The minimum absolute atomic E-state index is 0. The van der Waals surface area contributed by atoms with Crippen molar-refractivity contribution in [1.29, 1.82) is 0 Å². The second kappa shape index (κ2) is 11.5. The highest BCUT2D eigenvalue weighted by atomic mass is 127. The highest BCUT2D eigenvalue weighted by Gasteiger charge is 2.25. The average Bonchev–Trinajstić information content (AvgIpc) is 3.15. The van der Waals surface area contributed by atoms with Crippen LogP contribution in [0, 0.1) is 5.82 Å². The topological polar surface area (TPSA) is 52.6 Å². The molecule has 28 heavy (non-hydrogen) atoms. The van der Waals surface area contributed by atoms with Crippen molar-refractivity contribution in [2.45, 2.75) is 30.8 Å². The molecular formula is C20H27FIN5S. The smallest absolute Gasteiger partial charge is 0.191 e. The third kappa shape index (κ3) is 6.23. The lowest BCUT2D eigenvalue weighted by molar-refractivity contribution is 0.612. The van der Waals surface area contributed by atoms with Gasteiger partial charge in [0.05, 0.1) is 6.54 Å². The normalized spacial score (nSPS) is 16.6. The monoisotopic (exact) mass is 515 g/mol. The van der Waals surface area contributed by atoms with E-state index in [1.54, 1.807) is 24.0 Å². The predicted molar refractivity (Wildman–Crippen MR) is 126 cm³/mol. The van der Waals surface area contributed by atoms with Crippen LogP contribution < -0.4 is 15.5 Å². The maximum absolute atomic E-state index is 14.0. The van der Waals surface area contributed by atoms with Crippen LogP contribution in [0.2, 0.25) is 0 Å². The van der Waals surface area contributed by atoms with Crippen molar-refractivity contribution >= 4 is 47.5 Å². The van der Waals surface area contributed by atoms with Gasteiger partial charge in [-0.1, -0.05) is 12.1 Å². The van der Waals surface area contributed by atoms with Gasteiger partial charge < -0.3 is 15.5 Å². The summed E-state index contributed by atoms with van der Waals surface area (Å²) in [4.78, 5) is 12.1. The molecule has 1 aliphatic rings. The quantitative estimate of drug-likeness (QED) is 0.265. The molecule has 0 aliphatic carbocycles. The Balaban J connectivity index is 0.00000280. The van der Waals surface area contributed by atoms with Crippen LogP contribution in [0.25, 0.3) is 0 Å². The molecule has 1 aliphatic heterocycles. The highest BCUT2D eigenvalue weighted by Crippen LogP contribution is 2.20. The number of halogens is 2. The summed E-state index contributed by atoms with van der Waals surface area (Å²) in [6.07, 6.45) is 4.62. The summed E-state index contributed by atoms with van der Waals surface area (Å²) in [6.45, 7) is 4.95. The lowest BCUT2D eigenvalue weighted by atomic mass is 10.2. The molecule has 1 fully saturated rings. The van der Waals surface area contributed by atoms with Gasteiger partial charge in [-0.2, -0.15) is 0 Å². The lowest BCUT2D eigenvalue weighted by Gasteiger charge is -2.20. The number of guanidine groups is 1. The molecule has 0 spiro atoms. The molecule has 152 valence electrons. The molecule has 8 heteroatoms. The number of nitrogens with zero attached hydrogens (tertiary/aromatic N) is 3. The van der Waals surface area contributed by atoms with Crippen molar-refractivity contribution < 1.29 is 4.39 Å². The Hall–Kier alpha value is -1.55. The standard InChI is InChI=1S/C20H26FN5S.HI/c1-3-22-20(24-13-15-6-8-17(27-2)9-7-15)25-16-10-12-26(14-16)19-18(21)5-4-11-23-19;/h4-9,11,16H,3,10,12-14H2,1-2H3,(H2,22,24,25);1H. The van der Waals surface area contributed by atoms with E-state index in [4.69, 9.17) is 4.99 Å². The second-order valence-corrected chi connectivity index (χ2v) is 7.31. The van der Waals surface area contributed by atoms with Crippen molar-refractivity contribution in [2.24, 2.45) is 4.99 Å². The van der Waals surface area contributed by atoms with E-state index in [2.05, 4.69) is 53.1 Å². The average molecular weight is 515 g/mol. The first-order valence-electron chi connectivity index (χ1n) is 9.23. The number of benzene rings is 1. The minimum atomic E-state index is -0.271. The van der Waals surface area contributed by atoms with Gasteiger partial charge in [0.1, 0.15) is 0 Å². The van der Waals surface area contributed by atoms with E-state index < -0.39 is 0 Å². The molecule has 1 unspecified atom stereocenters. The molecule has 1 aromatic heterocycles. The van der Waals surface area contributed by atoms with Crippen molar-refractivity contribution in [2.75, 3.05) is 30.8 Å². The molecule has 2 aromatic rings. The number of hydrogen-bond donors (Lipinski definition) is 2. The highest BCUT2D eigenvalue weighted by molar-refractivity contribution is 14.0. The number of rotatable bonds is 6. The molecule has 0 radical (unpaired) electrons. The summed E-state index contributed by atoms with van der Waals surface area (Å²) in [5, 5.41) is 6.77. The van der Waals surface area contributed by atoms with E-state index in [0.717, 1.165) is 25.5 Å².